The summed E-state index contributed by atoms with van der Waals surface area (Å²) in [5, 5.41) is 17.6. The number of hydrogen-bond donors (Lipinski definition) is 2. The lowest BCUT2D eigenvalue weighted by Crippen LogP contribution is -2.41. The summed E-state index contributed by atoms with van der Waals surface area (Å²) in [4.78, 5) is 26.1. The SMILES string of the molecule is CC1CN(C(=O)N(C)CCOCCO)CC1C(=O)O. The van der Waals surface area contributed by atoms with Gasteiger partial charge in [-0.25, -0.2) is 4.79 Å². The first-order chi connectivity index (χ1) is 8.97. The molecule has 1 fully saturated rings. The van der Waals surface area contributed by atoms with E-state index in [1.54, 1.807) is 11.9 Å². The minimum Gasteiger partial charge on any atom is -0.481 e. The summed E-state index contributed by atoms with van der Waals surface area (Å²) in [6.45, 7) is 3.56. The Morgan fingerprint density at radius 1 is 1.37 bits per heavy atom. The molecule has 1 rings (SSSR count). The Balaban J connectivity index is 2.39. The number of aliphatic carboxylic acids is 1. The van der Waals surface area contributed by atoms with Gasteiger partial charge in [0.15, 0.2) is 0 Å². The smallest absolute Gasteiger partial charge is 0.319 e. The largest absolute Gasteiger partial charge is 0.481 e. The molecule has 2 amide bonds. The van der Waals surface area contributed by atoms with Crippen LogP contribution in [-0.2, 0) is 9.53 Å². The molecule has 2 unspecified atom stereocenters. The van der Waals surface area contributed by atoms with Gasteiger partial charge in [0.25, 0.3) is 0 Å². The quantitative estimate of drug-likeness (QED) is 0.649. The first-order valence-corrected chi connectivity index (χ1v) is 6.38. The van der Waals surface area contributed by atoms with Crippen molar-refractivity contribution in [3.8, 4) is 0 Å². The van der Waals surface area contributed by atoms with Crippen molar-refractivity contribution >= 4 is 12.0 Å². The second-order valence-electron chi connectivity index (χ2n) is 4.87. The molecule has 7 heteroatoms. The molecule has 0 aliphatic carbocycles. The molecule has 110 valence electrons. The van der Waals surface area contributed by atoms with Crippen LogP contribution in [0, 0.1) is 11.8 Å². The molecule has 1 aliphatic rings. The molecule has 7 nitrogen and oxygen atoms in total. The Morgan fingerprint density at radius 2 is 2.05 bits per heavy atom. The van der Waals surface area contributed by atoms with Gasteiger partial charge in [-0.1, -0.05) is 6.92 Å². The topological polar surface area (TPSA) is 90.3 Å². The number of urea groups is 1. The van der Waals surface area contributed by atoms with Crippen molar-refractivity contribution in [3.05, 3.63) is 0 Å². The minimum atomic E-state index is -0.850. The lowest BCUT2D eigenvalue weighted by Gasteiger charge is -2.24. The Labute approximate surface area is 112 Å². The number of nitrogens with zero attached hydrogens (tertiary/aromatic N) is 2. The lowest BCUT2D eigenvalue weighted by molar-refractivity contribution is -0.142. The third kappa shape index (κ3) is 4.36. The molecule has 0 radical (unpaired) electrons. The summed E-state index contributed by atoms with van der Waals surface area (Å²) in [6, 6.07) is -0.178. The fraction of sp³-hybridized carbons (Fsp3) is 0.833. The summed E-state index contributed by atoms with van der Waals surface area (Å²) >= 11 is 0. The zero-order valence-corrected chi connectivity index (χ0v) is 11.4. The Bertz CT molecular complexity index is 323. The van der Waals surface area contributed by atoms with E-state index in [2.05, 4.69) is 0 Å². The fourth-order valence-electron chi connectivity index (χ4n) is 2.15. The van der Waals surface area contributed by atoms with Crippen LogP contribution < -0.4 is 0 Å². The van der Waals surface area contributed by atoms with Gasteiger partial charge >= 0.3 is 12.0 Å². The van der Waals surface area contributed by atoms with E-state index in [-0.39, 0.29) is 31.7 Å². The maximum Gasteiger partial charge on any atom is 0.319 e. The van der Waals surface area contributed by atoms with E-state index in [1.165, 1.54) is 4.90 Å². The molecule has 0 spiro atoms. The van der Waals surface area contributed by atoms with Gasteiger partial charge in [0.1, 0.15) is 0 Å². The monoisotopic (exact) mass is 274 g/mol. The first kappa shape index (κ1) is 15.7. The number of carbonyl (C=O) groups excluding carboxylic acids is 1. The summed E-state index contributed by atoms with van der Waals surface area (Å²) in [5.41, 5.74) is 0. The zero-order valence-electron chi connectivity index (χ0n) is 11.4. The number of carboxylic acids is 1. The van der Waals surface area contributed by atoms with Crippen molar-refractivity contribution in [3.63, 3.8) is 0 Å². The molecule has 0 aromatic carbocycles. The highest BCUT2D eigenvalue weighted by Crippen LogP contribution is 2.23. The summed E-state index contributed by atoms with van der Waals surface area (Å²) in [5.74, 6) is -1.36. The molecule has 1 aliphatic heterocycles. The number of hydrogen-bond acceptors (Lipinski definition) is 4. The number of aliphatic hydroxyl groups excluding tert-OH is 1. The minimum absolute atomic E-state index is 0.0273. The molecule has 0 saturated carbocycles. The van der Waals surface area contributed by atoms with E-state index in [4.69, 9.17) is 14.9 Å². The average molecular weight is 274 g/mol. The predicted octanol–water partition coefficient (Wildman–Crippen LogP) is -0.300. The number of aliphatic hydroxyl groups is 1. The lowest BCUT2D eigenvalue weighted by atomic mass is 9.99. The normalized spacial score (nSPS) is 22.6. The van der Waals surface area contributed by atoms with E-state index in [9.17, 15) is 9.59 Å². The van der Waals surface area contributed by atoms with Crippen molar-refractivity contribution in [2.45, 2.75) is 6.92 Å². The van der Waals surface area contributed by atoms with Crippen LogP contribution in [0.3, 0.4) is 0 Å². The fourth-order valence-corrected chi connectivity index (χ4v) is 2.15. The molecule has 1 heterocycles. The van der Waals surface area contributed by atoms with Gasteiger partial charge in [-0.05, 0) is 5.92 Å². The molecule has 19 heavy (non-hydrogen) atoms. The van der Waals surface area contributed by atoms with Gasteiger partial charge < -0.3 is 24.7 Å². The van der Waals surface area contributed by atoms with E-state index < -0.39 is 11.9 Å². The molecule has 0 bridgehead atoms. The number of carbonyl (C=O) groups is 2. The average Bonchev–Trinajstić information content (AvgIpc) is 2.75. The third-order valence-electron chi connectivity index (χ3n) is 3.33. The summed E-state index contributed by atoms with van der Waals surface area (Å²) in [6.07, 6.45) is 0. The van der Waals surface area contributed by atoms with Gasteiger partial charge in [-0.3, -0.25) is 4.79 Å². The maximum absolute atomic E-state index is 12.1. The number of likely N-dealkylation sites (tertiary alicyclic amines) is 1. The third-order valence-corrected chi connectivity index (χ3v) is 3.33. The van der Waals surface area contributed by atoms with Gasteiger partial charge in [0.05, 0.1) is 25.7 Å². The molecule has 0 aromatic heterocycles. The van der Waals surface area contributed by atoms with Crippen LogP contribution in [0.25, 0.3) is 0 Å². The predicted molar refractivity (Wildman–Crippen MR) is 67.8 cm³/mol. The second-order valence-corrected chi connectivity index (χ2v) is 4.87. The Hall–Kier alpha value is -1.34. The van der Waals surface area contributed by atoms with Crippen LogP contribution >= 0.6 is 0 Å². The molecule has 0 aromatic rings. The van der Waals surface area contributed by atoms with E-state index in [0.717, 1.165) is 0 Å². The van der Waals surface area contributed by atoms with E-state index in [0.29, 0.717) is 19.7 Å². The van der Waals surface area contributed by atoms with Crippen LogP contribution in [0.2, 0.25) is 0 Å². The maximum atomic E-state index is 12.1. The molecule has 2 N–H and O–H groups in total. The first-order valence-electron chi connectivity index (χ1n) is 6.38. The highest BCUT2D eigenvalue weighted by molar-refractivity contribution is 5.77. The van der Waals surface area contributed by atoms with Crippen molar-refractivity contribution in [1.82, 2.24) is 9.80 Å². The second kappa shape index (κ2) is 7.30. The van der Waals surface area contributed by atoms with Gasteiger partial charge in [-0.15, -0.1) is 0 Å². The van der Waals surface area contributed by atoms with Crippen LogP contribution in [0.5, 0.6) is 0 Å². The summed E-state index contributed by atoms with van der Waals surface area (Å²) < 4.78 is 5.09. The Morgan fingerprint density at radius 3 is 2.58 bits per heavy atom. The van der Waals surface area contributed by atoms with Crippen LogP contribution in [0.4, 0.5) is 4.79 Å². The number of carboxylic acid groups (broad SMARTS) is 1. The summed E-state index contributed by atoms with van der Waals surface area (Å²) in [7, 11) is 1.66. The van der Waals surface area contributed by atoms with Crippen molar-refractivity contribution in [2.24, 2.45) is 11.8 Å². The van der Waals surface area contributed by atoms with E-state index >= 15 is 0 Å². The molecular weight excluding hydrogens is 252 g/mol. The van der Waals surface area contributed by atoms with Crippen LogP contribution in [0.1, 0.15) is 6.92 Å². The van der Waals surface area contributed by atoms with Gasteiger partial charge in [0, 0.05) is 26.7 Å². The standard InChI is InChI=1S/C12H22N2O5/c1-9-7-14(8-10(9)11(16)17)12(18)13(2)3-5-19-6-4-15/h9-10,15H,3-8H2,1-2H3,(H,16,17). The van der Waals surface area contributed by atoms with Gasteiger partial charge in [0.2, 0.25) is 0 Å². The Kier molecular flexibility index (Phi) is 6.04. The highest BCUT2D eigenvalue weighted by atomic mass is 16.5. The zero-order chi connectivity index (χ0) is 14.4. The van der Waals surface area contributed by atoms with Crippen molar-refractivity contribution in [1.29, 1.82) is 0 Å². The molecule has 2 atom stereocenters. The number of ether oxygens (including phenoxy) is 1. The van der Waals surface area contributed by atoms with E-state index in [1.807, 2.05) is 6.92 Å². The van der Waals surface area contributed by atoms with Crippen LogP contribution in [-0.4, -0.2) is 78.5 Å². The highest BCUT2D eigenvalue weighted by Gasteiger charge is 2.37. The molecular formula is C12H22N2O5. The number of likely N-dealkylation sites (N-methyl/N-ethyl adjacent to an activating group) is 1. The van der Waals surface area contributed by atoms with Crippen molar-refractivity contribution in [2.75, 3.05) is 46.5 Å². The molecule has 1 saturated heterocycles. The number of amides is 2. The van der Waals surface area contributed by atoms with Crippen LogP contribution in [0.15, 0.2) is 0 Å². The number of rotatable bonds is 6. The van der Waals surface area contributed by atoms with Gasteiger partial charge in [-0.2, -0.15) is 0 Å². The van der Waals surface area contributed by atoms with Crippen molar-refractivity contribution < 1.29 is 24.5 Å².